The topological polar surface area (TPSA) is 87.7 Å². The number of ketones is 1. The molecule has 2 N–H and O–H groups in total. The highest BCUT2D eigenvalue weighted by atomic mass is 19.1. The molecular formula is C29H36FN3O4. The minimum atomic E-state index is -0.551. The average molecular weight is 510 g/mol. The van der Waals surface area contributed by atoms with Crippen LogP contribution in [0.25, 0.3) is 0 Å². The van der Waals surface area contributed by atoms with Crippen LogP contribution >= 0.6 is 0 Å². The zero-order valence-corrected chi connectivity index (χ0v) is 21.6. The molecule has 0 aliphatic carbocycles. The molecule has 37 heavy (non-hydrogen) atoms. The van der Waals surface area contributed by atoms with E-state index in [4.69, 9.17) is 4.74 Å². The van der Waals surface area contributed by atoms with E-state index in [1.165, 1.54) is 16.5 Å². The summed E-state index contributed by atoms with van der Waals surface area (Å²) in [5, 5.41) is 6.05. The van der Waals surface area contributed by atoms with E-state index in [2.05, 4.69) is 24.5 Å². The Bertz CT molecular complexity index is 1110. The van der Waals surface area contributed by atoms with Crippen molar-refractivity contribution in [3.8, 4) is 0 Å². The molecule has 0 unspecified atom stereocenters. The third-order valence-electron chi connectivity index (χ3n) is 6.97. The molecule has 2 aromatic carbocycles. The lowest BCUT2D eigenvalue weighted by Gasteiger charge is -2.27. The minimum absolute atomic E-state index is 0.0351. The number of rotatable bonds is 10. The number of ether oxygens (including phenoxy) is 1. The molecule has 8 heteroatoms. The molecule has 0 spiro atoms. The Morgan fingerprint density at radius 2 is 1.84 bits per heavy atom. The third kappa shape index (κ3) is 6.95. The van der Waals surface area contributed by atoms with Gasteiger partial charge >= 0.3 is 6.09 Å². The summed E-state index contributed by atoms with van der Waals surface area (Å²) in [5.41, 5.74) is 2.88. The SMILES string of the molecule is CC(C)Cc1ccc(C(=O)CCC(=O)NC[C@H]2CN(c3cccc(F)c3C3CCNCC3)C(=O)O2)cc1. The van der Waals surface area contributed by atoms with Crippen LogP contribution in [0.4, 0.5) is 14.9 Å². The number of Topliss-reactive ketones (excluding diaryl/α,β-unsaturated/α-hetero) is 1. The summed E-state index contributed by atoms with van der Waals surface area (Å²) in [5.74, 6) is -0.0929. The number of piperidine rings is 1. The van der Waals surface area contributed by atoms with Gasteiger partial charge in [-0.15, -0.1) is 0 Å². The quantitative estimate of drug-likeness (QED) is 0.457. The van der Waals surface area contributed by atoms with Gasteiger partial charge in [0, 0.05) is 24.0 Å². The third-order valence-corrected chi connectivity index (χ3v) is 6.97. The fraction of sp³-hybridized carbons (Fsp3) is 0.483. The summed E-state index contributed by atoms with van der Waals surface area (Å²) in [6, 6.07) is 12.3. The number of nitrogens with zero attached hydrogens (tertiary/aromatic N) is 1. The van der Waals surface area contributed by atoms with Crippen molar-refractivity contribution in [1.82, 2.24) is 10.6 Å². The standard InChI is InChI=1S/C29H36FN3O4/c1-19(2)16-20-6-8-21(9-7-20)26(34)10-11-27(35)32-17-23-18-33(29(36)37-23)25-5-3-4-24(30)28(25)22-12-14-31-15-13-22/h3-9,19,22-23,31H,10-18H2,1-2H3,(H,32,35)/t23-/m0/s1. The van der Waals surface area contributed by atoms with E-state index in [1.807, 2.05) is 24.3 Å². The Kier molecular flexibility index (Phi) is 8.92. The number of halogens is 1. The molecule has 0 radical (unpaired) electrons. The number of hydrogen-bond donors (Lipinski definition) is 2. The van der Waals surface area contributed by atoms with Crippen LogP contribution in [-0.2, 0) is 16.0 Å². The summed E-state index contributed by atoms with van der Waals surface area (Å²) in [6.45, 7) is 6.28. The van der Waals surface area contributed by atoms with Crippen LogP contribution in [0.15, 0.2) is 42.5 Å². The summed E-state index contributed by atoms with van der Waals surface area (Å²) < 4.78 is 20.3. The van der Waals surface area contributed by atoms with E-state index < -0.39 is 12.2 Å². The van der Waals surface area contributed by atoms with Crippen molar-refractivity contribution in [2.45, 2.75) is 58.0 Å². The monoisotopic (exact) mass is 509 g/mol. The van der Waals surface area contributed by atoms with Crippen LogP contribution in [0.1, 0.15) is 66.9 Å². The Labute approximate surface area is 217 Å². The number of nitrogens with one attached hydrogen (secondary N) is 2. The first-order chi connectivity index (χ1) is 17.8. The molecule has 2 saturated heterocycles. The molecule has 0 bridgehead atoms. The molecule has 2 amide bonds. The van der Waals surface area contributed by atoms with E-state index in [-0.39, 0.29) is 49.4 Å². The maximum absolute atomic E-state index is 14.8. The van der Waals surface area contributed by atoms with E-state index in [0.29, 0.717) is 22.7 Å². The van der Waals surface area contributed by atoms with E-state index in [0.717, 1.165) is 32.4 Å². The first kappa shape index (κ1) is 26.8. The van der Waals surface area contributed by atoms with Crippen molar-refractivity contribution >= 4 is 23.5 Å². The zero-order valence-electron chi connectivity index (χ0n) is 21.6. The largest absolute Gasteiger partial charge is 0.442 e. The summed E-state index contributed by atoms with van der Waals surface area (Å²) in [4.78, 5) is 39.0. The van der Waals surface area contributed by atoms with E-state index >= 15 is 0 Å². The van der Waals surface area contributed by atoms with Gasteiger partial charge in [-0.3, -0.25) is 14.5 Å². The fourth-order valence-electron chi connectivity index (χ4n) is 5.09. The number of carbonyl (C=O) groups is 3. The van der Waals surface area contributed by atoms with Crippen molar-refractivity contribution in [3.05, 3.63) is 65.0 Å². The summed E-state index contributed by atoms with van der Waals surface area (Å²) in [6.07, 6.45) is 1.63. The number of cyclic esters (lactones) is 1. The Morgan fingerprint density at radius 1 is 1.11 bits per heavy atom. The lowest BCUT2D eigenvalue weighted by molar-refractivity contribution is -0.121. The van der Waals surface area contributed by atoms with Crippen molar-refractivity contribution in [2.75, 3.05) is 31.1 Å². The lowest BCUT2D eigenvalue weighted by Crippen LogP contribution is -2.35. The van der Waals surface area contributed by atoms with Gasteiger partial charge in [0.25, 0.3) is 0 Å². The highest BCUT2D eigenvalue weighted by molar-refractivity contribution is 5.98. The minimum Gasteiger partial charge on any atom is -0.442 e. The molecule has 2 heterocycles. The molecule has 198 valence electrons. The van der Waals surface area contributed by atoms with Crippen molar-refractivity contribution < 1.29 is 23.5 Å². The van der Waals surface area contributed by atoms with Gasteiger partial charge in [-0.1, -0.05) is 44.2 Å². The average Bonchev–Trinajstić information content (AvgIpc) is 3.26. The van der Waals surface area contributed by atoms with Crippen LogP contribution in [0.5, 0.6) is 0 Å². The maximum Gasteiger partial charge on any atom is 0.414 e. The van der Waals surface area contributed by atoms with E-state index in [1.54, 1.807) is 12.1 Å². The normalized spacial score (nSPS) is 18.2. The molecule has 2 aliphatic heterocycles. The van der Waals surface area contributed by atoms with Crippen LogP contribution in [-0.4, -0.2) is 50.1 Å². The molecule has 0 aromatic heterocycles. The van der Waals surface area contributed by atoms with Crippen LogP contribution in [0, 0.1) is 11.7 Å². The lowest BCUT2D eigenvalue weighted by atomic mass is 9.88. The van der Waals surface area contributed by atoms with Crippen LogP contribution in [0.3, 0.4) is 0 Å². The maximum atomic E-state index is 14.8. The van der Waals surface area contributed by atoms with Gasteiger partial charge in [-0.2, -0.15) is 0 Å². The molecule has 2 fully saturated rings. The molecular weight excluding hydrogens is 473 g/mol. The van der Waals surface area contributed by atoms with Gasteiger partial charge in [0.15, 0.2) is 5.78 Å². The number of amides is 2. The summed E-state index contributed by atoms with van der Waals surface area (Å²) in [7, 11) is 0. The van der Waals surface area contributed by atoms with Gasteiger partial charge in [0.1, 0.15) is 11.9 Å². The fourth-order valence-corrected chi connectivity index (χ4v) is 5.09. The Hall–Kier alpha value is -3.26. The van der Waals surface area contributed by atoms with Gasteiger partial charge in [0.2, 0.25) is 5.91 Å². The summed E-state index contributed by atoms with van der Waals surface area (Å²) >= 11 is 0. The van der Waals surface area contributed by atoms with Gasteiger partial charge in [-0.25, -0.2) is 9.18 Å². The number of anilines is 1. The zero-order chi connectivity index (χ0) is 26.4. The second-order valence-electron chi connectivity index (χ2n) is 10.3. The number of benzene rings is 2. The molecule has 2 aliphatic rings. The first-order valence-electron chi connectivity index (χ1n) is 13.2. The molecule has 0 saturated carbocycles. The molecule has 1 atom stereocenters. The second kappa shape index (κ2) is 12.3. The number of carbonyl (C=O) groups excluding carboxylic acids is 3. The van der Waals surface area contributed by atoms with Gasteiger partial charge < -0.3 is 15.4 Å². The molecule has 7 nitrogen and oxygen atoms in total. The van der Waals surface area contributed by atoms with E-state index in [9.17, 15) is 18.8 Å². The molecule has 2 aromatic rings. The van der Waals surface area contributed by atoms with Crippen LogP contribution < -0.4 is 15.5 Å². The highest BCUT2D eigenvalue weighted by Gasteiger charge is 2.35. The Morgan fingerprint density at radius 3 is 2.54 bits per heavy atom. The highest BCUT2D eigenvalue weighted by Crippen LogP contribution is 2.36. The number of hydrogen-bond acceptors (Lipinski definition) is 5. The molecule has 4 rings (SSSR count). The Balaban J connectivity index is 1.27. The van der Waals surface area contributed by atoms with Crippen molar-refractivity contribution in [1.29, 1.82) is 0 Å². The van der Waals surface area contributed by atoms with Gasteiger partial charge in [-0.05, 0) is 61.9 Å². The smallest absolute Gasteiger partial charge is 0.414 e. The van der Waals surface area contributed by atoms with Gasteiger partial charge in [0.05, 0.1) is 18.8 Å². The predicted molar refractivity (Wildman–Crippen MR) is 140 cm³/mol. The van der Waals surface area contributed by atoms with Crippen LogP contribution in [0.2, 0.25) is 0 Å². The van der Waals surface area contributed by atoms with Crippen molar-refractivity contribution in [3.63, 3.8) is 0 Å². The predicted octanol–water partition coefficient (Wildman–Crippen LogP) is 4.60. The second-order valence-corrected chi connectivity index (χ2v) is 10.3. The van der Waals surface area contributed by atoms with Crippen molar-refractivity contribution in [2.24, 2.45) is 5.92 Å². The first-order valence-corrected chi connectivity index (χ1v) is 13.2.